The fourth-order valence-electron chi connectivity index (χ4n) is 1.30. The first kappa shape index (κ1) is 9.76. The van der Waals surface area contributed by atoms with Gasteiger partial charge in [0.1, 0.15) is 23.8 Å². The second-order valence-electron chi connectivity index (χ2n) is 3.27. The Labute approximate surface area is 85.4 Å². The molecule has 2 aromatic rings. The minimum absolute atomic E-state index is 0.308. The first-order chi connectivity index (χ1) is 7.16. The number of nitrogens with zero attached hydrogens (tertiary/aromatic N) is 3. The Morgan fingerprint density at radius 1 is 1.33 bits per heavy atom. The summed E-state index contributed by atoms with van der Waals surface area (Å²) in [4.78, 5) is 0. The molecule has 0 atom stereocenters. The van der Waals surface area contributed by atoms with Gasteiger partial charge in [0, 0.05) is 19.5 Å². The highest BCUT2D eigenvalue weighted by Crippen LogP contribution is 2.12. The summed E-state index contributed by atoms with van der Waals surface area (Å²) >= 11 is 0. The molecule has 0 amide bonds. The molecule has 0 spiro atoms. The van der Waals surface area contributed by atoms with Crippen molar-refractivity contribution in [1.29, 1.82) is 0 Å². The lowest BCUT2D eigenvalue weighted by Gasteiger charge is -2.02. The van der Waals surface area contributed by atoms with Crippen molar-refractivity contribution < 1.29 is 8.78 Å². The zero-order chi connectivity index (χ0) is 10.8. The van der Waals surface area contributed by atoms with E-state index in [1.165, 1.54) is 18.5 Å². The molecule has 0 N–H and O–H groups in total. The average Bonchev–Trinajstić information content (AvgIpc) is 2.57. The van der Waals surface area contributed by atoms with Crippen LogP contribution in [0.2, 0.25) is 0 Å². The van der Waals surface area contributed by atoms with E-state index in [4.69, 9.17) is 0 Å². The molecule has 5 heteroatoms. The maximum atomic E-state index is 13.3. The zero-order valence-corrected chi connectivity index (χ0v) is 8.11. The molecule has 0 saturated heterocycles. The van der Waals surface area contributed by atoms with Crippen LogP contribution < -0.4 is 0 Å². The molecular formula is C10H9F2N3. The summed E-state index contributed by atoms with van der Waals surface area (Å²) < 4.78 is 27.6. The molecule has 0 aliphatic heterocycles. The Bertz CT molecular complexity index is 479. The third kappa shape index (κ3) is 2.01. The highest BCUT2D eigenvalue weighted by Gasteiger charge is 2.07. The smallest absolute Gasteiger partial charge is 0.137 e. The number of benzene rings is 1. The van der Waals surface area contributed by atoms with E-state index < -0.39 is 11.6 Å². The van der Waals surface area contributed by atoms with Gasteiger partial charge in [-0.15, -0.1) is 10.2 Å². The lowest BCUT2D eigenvalue weighted by Crippen LogP contribution is -2.00. The number of aryl methyl sites for hydroxylation is 1. The second-order valence-corrected chi connectivity index (χ2v) is 3.27. The van der Waals surface area contributed by atoms with Crippen LogP contribution in [0.1, 0.15) is 11.4 Å². The molecule has 2 rings (SSSR count). The molecule has 1 heterocycles. The van der Waals surface area contributed by atoms with E-state index in [0.717, 1.165) is 6.07 Å². The van der Waals surface area contributed by atoms with Gasteiger partial charge in [0.25, 0.3) is 0 Å². The van der Waals surface area contributed by atoms with E-state index >= 15 is 0 Å². The first-order valence-electron chi connectivity index (χ1n) is 4.43. The van der Waals surface area contributed by atoms with Crippen LogP contribution in [0.15, 0.2) is 24.5 Å². The summed E-state index contributed by atoms with van der Waals surface area (Å²) in [5.41, 5.74) is 0.410. The molecule has 1 aromatic heterocycles. The number of rotatable bonds is 2. The topological polar surface area (TPSA) is 30.7 Å². The van der Waals surface area contributed by atoms with E-state index in [1.54, 1.807) is 11.6 Å². The van der Waals surface area contributed by atoms with Gasteiger partial charge in [-0.25, -0.2) is 8.78 Å². The highest BCUT2D eigenvalue weighted by atomic mass is 19.1. The Hall–Kier alpha value is -1.78. The monoisotopic (exact) mass is 209 g/mol. The summed E-state index contributed by atoms with van der Waals surface area (Å²) in [7, 11) is 1.77. The molecule has 0 saturated carbocycles. The zero-order valence-electron chi connectivity index (χ0n) is 8.11. The normalized spacial score (nSPS) is 10.6. The predicted octanol–water partition coefficient (Wildman–Crippen LogP) is 1.68. The number of halogens is 2. The van der Waals surface area contributed by atoms with Gasteiger partial charge in [-0.1, -0.05) is 6.07 Å². The van der Waals surface area contributed by atoms with Gasteiger partial charge < -0.3 is 4.57 Å². The van der Waals surface area contributed by atoms with Crippen molar-refractivity contribution >= 4 is 0 Å². The summed E-state index contributed by atoms with van der Waals surface area (Å²) in [6, 6.07) is 3.51. The maximum absolute atomic E-state index is 13.3. The molecule has 0 bridgehead atoms. The van der Waals surface area contributed by atoms with Crippen LogP contribution in [0.4, 0.5) is 8.78 Å². The minimum atomic E-state index is -0.575. The van der Waals surface area contributed by atoms with Crippen molar-refractivity contribution in [2.24, 2.45) is 7.05 Å². The van der Waals surface area contributed by atoms with Gasteiger partial charge >= 0.3 is 0 Å². The van der Waals surface area contributed by atoms with E-state index in [0.29, 0.717) is 17.8 Å². The number of hydrogen-bond donors (Lipinski definition) is 0. The molecule has 0 radical (unpaired) electrons. The van der Waals surface area contributed by atoms with Gasteiger partial charge in [-0.3, -0.25) is 0 Å². The van der Waals surface area contributed by atoms with E-state index in [9.17, 15) is 8.78 Å². The standard InChI is InChI=1S/C10H9F2N3/c1-15-6-13-14-10(15)4-7-2-3-8(11)5-9(7)12/h2-3,5-6H,4H2,1H3. The fourth-order valence-corrected chi connectivity index (χ4v) is 1.30. The molecule has 0 aliphatic carbocycles. The van der Waals surface area contributed by atoms with Crippen molar-refractivity contribution in [1.82, 2.24) is 14.8 Å². The van der Waals surface area contributed by atoms with Crippen LogP contribution in [-0.2, 0) is 13.5 Å². The van der Waals surface area contributed by atoms with Crippen molar-refractivity contribution in [3.63, 3.8) is 0 Å². The number of aromatic nitrogens is 3. The Kier molecular flexibility index (Phi) is 2.45. The van der Waals surface area contributed by atoms with Gasteiger partial charge in [-0.2, -0.15) is 0 Å². The molecule has 0 aliphatic rings. The summed E-state index contributed by atoms with van der Waals surface area (Å²) in [6.45, 7) is 0. The van der Waals surface area contributed by atoms with Crippen LogP contribution in [0.25, 0.3) is 0 Å². The fraction of sp³-hybridized carbons (Fsp3) is 0.200. The Balaban J connectivity index is 2.29. The van der Waals surface area contributed by atoms with Gasteiger partial charge in [0.2, 0.25) is 0 Å². The highest BCUT2D eigenvalue weighted by molar-refractivity contribution is 5.21. The van der Waals surface area contributed by atoms with Gasteiger partial charge in [-0.05, 0) is 11.6 Å². The molecule has 0 fully saturated rings. The Morgan fingerprint density at radius 3 is 2.73 bits per heavy atom. The van der Waals surface area contributed by atoms with E-state index in [-0.39, 0.29) is 0 Å². The SMILES string of the molecule is Cn1cnnc1Cc1ccc(F)cc1F. The van der Waals surface area contributed by atoms with Crippen molar-refractivity contribution in [3.05, 3.63) is 47.5 Å². The molecule has 3 nitrogen and oxygen atoms in total. The third-order valence-corrected chi connectivity index (χ3v) is 2.17. The van der Waals surface area contributed by atoms with Crippen molar-refractivity contribution in [2.75, 3.05) is 0 Å². The summed E-state index contributed by atoms with van der Waals surface area (Å²) in [6.07, 6.45) is 1.85. The lowest BCUT2D eigenvalue weighted by molar-refractivity contribution is 0.572. The number of hydrogen-bond acceptors (Lipinski definition) is 2. The molecule has 1 aromatic carbocycles. The molecule has 15 heavy (non-hydrogen) atoms. The predicted molar refractivity (Wildman–Crippen MR) is 50.2 cm³/mol. The van der Waals surface area contributed by atoms with Gasteiger partial charge in [0.15, 0.2) is 0 Å². The van der Waals surface area contributed by atoms with Crippen molar-refractivity contribution in [2.45, 2.75) is 6.42 Å². The van der Waals surface area contributed by atoms with Crippen LogP contribution >= 0.6 is 0 Å². The summed E-state index contributed by atoms with van der Waals surface area (Å²) in [5, 5.41) is 7.51. The van der Waals surface area contributed by atoms with Crippen LogP contribution in [-0.4, -0.2) is 14.8 Å². The molecular weight excluding hydrogens is 200 g/mol. The van der Waals surface area contributed by atoms with Crippen LogP contribution in [0.3, 0.4) is 0 Å². The Morgan fingerprint density at radius 2 is 2.13 bits per heavy atom. The molecule has 0 unspecified atom stereocenters. The largest absolute Gasteiger partial charge is 0.320 e. The average molecular weight is 209 g/mol. The minimum Gasteiger partial charge on any atom is -0.320 e. The third-order valence-electron chi connectivity index (χ3n) is 2.17. The van der Waals surface area contributed by atoms with Crippen molar-refractivity contribution in [3.8, 4) is 0 Å². The van der Waals surface area contributed by atoms with Gasteiger partial charge in [0.05, 0.1) is 0 Å². The van der Waals surface area contributed by atoms with Crippen LogP contribution in [0, 0.1) is 11.6 Å². The van der Waals surface area contributed by atoms with E-state index in [1.807, 2.05) is 0 Å². The van der Waals surface area contributed by atoms with Crippen LogP contribution in [0.5, 0.6) is 0 Å². The lowest BCUT2D eigenvalue weighted by atomic mass is 10.1. The van der Waals surface area contributed by atoms with E-state index in [2.05, 4.69) is 10.2 Å². The quantitative estimate of drug-likeness (QED) is 0.753. The molecule has 78 valence electrons. The first-order valence-corrected chi connectivity index (χ1v) is 4.43. The second kappa shape index (κ2) is 3.76. The maximum Gasteiger partial charge on any atom is 0.137 e. The summed E-state index contributed by atoms with van der Waals surface area (Å²) in [5.74, 6) is -0.493.